The maximum atomic E-state index is 9.58. The molecule has 0 fully saturated rings. The van der Waals surface area contributed by atoms with E-state index < -0.39 is 0 Å². The summed E-state index contributed by atoms with van der Waals surface area (Å²) in [6, 6.07) is 4.58. The molecule has 2 aromatic rings. The smallest absolute Gasteiger partial charge is 0.125 e. The fourth-order valence-corrected chi connectivity index (χ4v) is 5.49. The third-order valence-electron chi connectivity index (χ3n) is 4.63. The van der Waals surface area contributed by atoms with Crippen LogP contribution < -0.4 is 0 Å². The van der Waals surface area contributed by atoms with Crippen LogP contribution in [0.2, 0.25) is 0 Å². The minimum Gasteiger partial charge on any atom is -0.244 e. The molecule has 26 heavy (non-hydrogen) atoms. The molecule has 0 aliphatic heterocycles. The van der Waals surface area contributed by atoms with E-state index in [-0.39, 0.29) is 0 Å². The predicted octanol–water partition coefficient (Wildman–Crippen LogP) is 5.38. The minimum absolute atomic E-state index is 0.613. The molecule has 0 radical (unpaired) electrons. The Bertz CT molecular complexity index is 859. The lowest BCUT2D eigenvalue weighted by Gasteiger charge is -2.14. The molecule has 0 saturated carbocycles. The Balaban J connectivity index is 2.45. The number of rotatable bonds is 5. The molecule has 0 unspecified atom stereocenters. The molecule has 4 nitrogen and oxygen atoms in total. The van der Waals surface area contributed by atoms with Gasteiger partial charge in [-0.3, -0.25) is 0 Å². The second-order valence-corrected chi connectivity index (χ2v) is 8.17. The van der Waals surface area contributed by atoms with E-state index in [0.717, 1.165) is 46.5 Å². The molecule has 2 heterocycles. The maximum Gasteiger partial charge on any atom is 0.125 e. The molecule has 0 bridgehead atoms. The van der Waals surface area contributed by atoms with Gasteiger partial charge in [-0.15, -0.1) is 0 Å². The average Bonchev–Trinajstić information content (AvgIpc) is 2.60. The Kier molecular flexibility index (Phi) is 6.69. The van der Waals surface area contributed by atoms with Gasteiger partial charge >= 0.3 is 0 Å². The molecule has 0 N–H and O–H groups in total. The van der Waals surface area contributed by atoms with E-state index in [0.29, 0.717) is 21.2 Å². The standard InChI is InChI=1S/C20H22N4S2/c1-7-15-11(3)17(9-21)19(23-13(15)5)25-26-20-18(10-22)12(4)16(8-2)14(6)24-20/h7-8H2,1-6H3. The van der Waals surface area contributed by atoms with Crippen molar-refractivity contribution in [2.24, 2.45) is 0 Å². The summed E-state index contributed by atoms with van der Waals surface area (Å²) in [7, 11) is 2.80. The van der Waals surface area contributed by atoms with Gasteiger partial charge in [-0.05, 0) is 84.4 Å². The molecule has 2 rings (SSSR count). The van der Waals surface area contributed by atoms with Gasteiger partial charge in [0.15, 0.2) is 0 Å². The summed E-state index contributed by atoms with van der Waals surface area (Å²) < 4.78 is 0. The van der Waals surface area contributed by atoms with Gasteiger partial charge in [0.2, 0.25) is 0 Å². The molecule has 0 spiro atoms. The van der Waals surface area contributed by atoms with E-state index in [1.165, 1.54) is 21.6 Å². The zero-order chi connectivity index (χ0) is 19.4. The lowest BCUT2D eigenvalue weighted by molar-refractivity contribution is 0.953. The first-order valence-electron chi connectivity index (χ1n) is 8.54. The van der Waals surface area contributed by atoms with Crippen LogP contribution in [0, 0.1) is 50.4 Å². The zero-order valence-corrected chi connectivity index (χ0v) is 17.7. The fraction of sp³-hybridized carbons (Fsp3) is 0.400. The van der Waals surface area contributed by atoms with Gasteiger partial charge in [-0.2, -0.15) is 10.5 Å². The van der Waals surface area contributed by atoms with Crippen LogP contribution in [-0.2, 0) is 12.8 Å². The first kappa shape index (κ1) is 20.3. The summed E-state index contributed by atoms with van der Waals surface area (Å²) in [5, 5.41) is 20.5. The van der Waals surface area contributed by atoms with Crippen LogP contribution in [0.15, 0.2) is 10.1 Å². The van der Waals surface area contributed by atoms with Crippen LogP contribution in [0.3, 0.4) is 0 Å². The molecular weight excluding hydrogens is 360 g/mol. The van der Waals surface area contributed by atoms with Gasteiger partial charge in [0.05, 0.1) is 11.1 Å². The Morgan fingerprint density at radius 2 is 1.08 bits per heavy atom. The summed E-state index contributed by atoms with van der Waals surface area (Å²) in [6.07, 6.45) is 1.71. The SMILES string of the molecule is CCc1c(C)nc(SSc2nc(C)c(CC)c(C)c2C#N)c(C#N)c1C. The highest BCUT2D eigenvalue weighted by Gasteiger charge is 2.18. The van der Waals surface area contributed by atoms with Gasteiger partial charge in [0.25, 0.3) is 0 Å². The van der Waals surface area contributed by atoms with Gasteiger partial charge in [-0.25, -0.2) is 9.97 Å². The number of hydrogen-bond donors (Lipinski definition) is 0. The number of nitriles is 2. The quantitative estimate of drug-likeness (QED) is 0.647. The first-order chi connectivity index (χ1) is 12.4. The van der Waals surface area contributed by atoms with Crippen molar-refractivity contribution in [3.8, 4) is 12.1 Å². The zero-order valence-electron chi connectivity index (χ0n) is 16.0. The van der Waals surface area contributed by atoms with Gasteiger partial charge < -0.3 is 0 Å². The van der Waals surface area contributed by atoms with Crippen molar-refractivity contribution in [3.63, 3.8) is 0 Å². The Morgan fingerprint density at radius 1 is 0.731 bits per heavy atom. The fourth-order valence-electron chi connectivity index (χ4n) is 3.22. The van der Waals surface area contributed by atoms with E-state index >= 15 is 0 Å². The summed E-state index contributed by atoms with van der Waals surface area (Å²) >= 11 is 0. The summed E-state index contributed by atoms with van der Waals surface area (Å²) in [4.78, 5) is 9.27. The van der Waals surface area contributed by atoms with E-state index in [4.69, 9.17) is 0 Å². The van der Waals surface area contributed by atoms with Crippen LogP contribution in [0.25, 0.3) is 0 Å². The molecular formula is C20H22N4S2. The van der Waals surface area contributed by atoms with Gasteiger partial charge in [0.1, 0.15) is 22.2 Å². The molecule has 0 saturated heterocycles. The predicted molar refractivity (Wildman–Crippen MR) is 107 cm³/mol. The largest absolute Gasteiger partial charge is 0.244 e. The van der Waals surface area contributed by atoms with Crippen molar-refractivity contribution in [1.29, 1.82) is 10.5 Å². The lowest BCUT2D eigenvalue weighted by atomic mass is 10.0. The van der Waals surface area contributed by atoms with Crippen molar-refractivity contribution in [1.82, 2.24) is 9.97 Å². The summed E-state index contributed by atoms with van der Waals surface area (Å²) in [5.41, 5.74) is 7.38. The van der Waals surface area contributed by atoms with E-state index in [1.54, 1.807) is 0 Å². The van der Waals surface area contributed by atoms with Crippen LogP contribution >= 0.6 is 21.6 Å². The van der Waals surface area contributed by atoms with Crippen molar-refractivity contribution in [2.75, 3.05) is 0 Å². The van der Waals surface area contributed by atoms with Crippen LogP contribution in [0.1, 0.15) is 58.6 Å². The maximum absolute atomic E-state index is 9.58. The number of aromatic nitrogens is 2. The van der Waals surface area contributed by atoms with Crippen LogP contribution in [-0.4, -0.2) is 9.97 Å². The molecule has 0 aliphatic carbocycles. The molecule has 134 valence electrons. The summed E-state index contributed by atoms with van der Waals surface area (Å²) in [6.45, 7) is 12.1. The second-order valence-electron chi connectivity index (χ2n) is 6.06. The van der Waals surface area contributed by atoms with Crippen LogP contribution in [0.4, 0.5) is 0 Å². The Morgan fingerprint density at radius 3 is 1.35 bits per heavy atom. The highest BCUT2D eigenvalue weighted by molar-refractivity contribution is 8.76. The highest BCUT2D eigenvalue weighted by Crippen LogP contribution is 2.41. The third kappa shape index (κ3) is 3.72. The number of hydrogen-bond acceptors (Lipinski definition) is 6. The molecule has 0 amide bonds. The second kappa shape index (κ2) is 8.58. The molecule has 0 aromatic carbocycles. The Labute approximate surface area is 163 Å². The number of pyridine rings is 2. The molecule has 0 atom stereocenters. The molecule has 6 heteroatoms. The number of nitrogens with zero attached hydrogens (tertiary/aromatic N) is 4. The van der Waals surface area contributed by atoms with Gasteiger partial charge in [-0.1, -0.05) is 13.8 Å². The monoisotopic (exact) mass is 382 g/mol. The molecule has 2 aromatic heterocycles. The topological polar surface area (TPSA) is 73.4 Å². The lowest BCUT2D eigenvalue weighted by Crippen LogP contribution is -2.02. The van der Waals surface area contributed by atoms with Crippen molar-refractivity contribution >= 4 is 21.6 Å². The van der Waals surface area contributed by atoms with Crippen LogP contribution in [0.5, 0.6) is 0 Å². The normalized spacial score (nSPS) is 10.5. The average molecular weight is 383 g/mol. The first-order valence-corrected chi connectivity index (χ1v) is 10.7. The molecule has 0 aliphatic rings. The van der Waals surface area contributed by atoms with E-state index in [9.17, 15) is 10.5 Å². The summed E-state index contributed by atoms with van der Waals surface area (Å²) in [5.74, 6) is 0. The highest BCUT2D eigenvalue weighted by atomic mass is 33.1. The van der Waals surface area contributed by atoms with Gasteiger partial charge in [0, 0.05) is 11.4 Å². The third-order valence-corrected chi connectivity index (χ3v) is 6.81. The van der Waals surface area contributed by atoms with Crippen molar-refractivity contribution in [2.45, 2.75) is 64.4 Å². The van der Waals surface area contributed by atoms with E-state index in [1.807, 2.05) is 27.7 Å². The Hall–Kier alpha value is -2.02. The number of aryl methyl sites for hydroxylation is 2. The minimum atomic E-state index is 0.613. The van der Waals surface area contributed by atoms with E-state index in [2.05, 4.69) is 36.0 Å². The van der Waals surface area contributed by atoms with Crippen molar-refractivity contribution < 1.29 is 0 Å². The van der Waals surface area contributed by atoms with Crippen molar-refractivity contribution in [3.05, 3.63) is 44.8 Å².